The topological polar surface area (TPSA) is 128 Å². The maximum Gasteiger partial charge on any atom is 0.270 e. The summed E-state index contributed by atoms with van der Waals surface area (Å²) in [5.74, 6) is -1.57. The van der Waals surface area contributed by atoms with Gasteiger partial charge in [-0.05, 0) is 31.4 Å². The lowest BCUT2D eigenvalue weighted by molar-refractivity contribution is -0.125. The van der Waals surface area contributed by atoms with Gasteiger partial charge in [-0.15, -0.1) is 0 Å². The SMILES string of the molecule is C=C(SC(/C=C(C(=O)NNC(C)=O)/C(CI)=C(/C#N)C(C)=O)=C(\N)C(C)(C)CI)N(CCCC)CCCC. The van der Waals surface area contributed by atoms with Crippen molar-refractivity contribution in [3.05, 3.63) is 45.0 Å². The van der Waals surface area contributed by atoms with E-state index in [1.807, 2.05) is 42.5 Å². The number of carbonyl (C=O) groups excluding carboxylic acids is 3. The Bertz CT molecular complexity index is 1000. The highest BCUT2D eigenvalue weighted by molar-refractivity contribution is 14.1. The fraction of sp³-hybridized carbons (Fsp3) is 0.556. The molecule has 0 unspecified atom stereocenters. The van der Waals surface area contributed by atoms with Crippen molar-refractivity contribution in [3.63, 3.8) is 0 Å². The monoisotopic (exact) mass is 769 g/mol. The molecule has 11 heteroatoms. The minimum Gasteiger partial charge on any atom is -0.401 e. The van der Waals surface area contributed by atoms with Gasteiger partial charge in [-0.25, -0.2) is 0 Å². The van der Waals surface area contributed by atoms with Crippen molar-refractivity contribution in [2.45, 2.75) is 67.2 Å². The highest BCUT2D eigenvalue weighted by Crippen LogP contribution is 2.38. The molecule has 0 rings (SSSR count). The second kappa shape index (κ2) is 18.7. The lowest BCUT2D eigenvalue weighted by atomic mass is 9.91. The normalized spacial score (nSPS) is 13.1. The molecule has 0 aliphatic heterocycles. The minimum atomic E-state index is -0.654. The van der Waals surface area contributed by atoms with E-state index in [0.717, 1.165) is 48.2 Å². The van der Waals surface area contributed by atoms with Gasteiger partial charge in [0.25, 0.3) is 5.91 Å². The molecular formula is C27H41I2N5O3S. The van der Waals surface area contributed by atoms with E-state index < -0.39 is 23.0 Å². The number of nitrogens with one attached hydrogen (secondary N) is 2. The molecule has 0 radical (unpaired) electrons. The van der Waals surface area contributed by atoms with E-state index in [1.54, 1.807) is 6.08 Å². The van der Waals surface area contributed by atoms with Gasteiger partial charge in [0.15, 0.2) is 5.78 Å². The molecule has 0 aliphatic rings. The van der Waals surface area contributed by atoms with Gasteiger partial charge in [0.1, 0.15) is 6.07 Å². The van der Waals surface area contributed by atoms with Gasteiger partial charge in [-0.2, -0.15) is 5.26 Å². The van der Waals surface area contributed by atoms with Crippen LogP contribution in [0.2, 0.25) is 0 Å². The third-order valence-electron chi connectivity index (χ3n) is 5.57. The van der Waals surface area contributed by atoms with Gasteiger partial charge in [-0.3, -0.25) is 25.2 Å². The number of amides is 2. The summed E-state index contributed by atoms with van der Waals surface area (Å²) in [6, 6.07) is 1.94. The molecule has 38 heavy (non-hydrogen) atoms. The van der Waals surface area contributed by atoms with E-state index >= 15 is 0 Å². The number of ketones is 1. The number of carbonyl (C=O) groups is 3. The molecule has 0 fully saturated rings. The number of rotatable bonds is 16. The van der Waals surface area contributed by atoms with Crippen LogP contribution >= 0.6 is 56.9 Å². The van der Waals surface area contributed by atoms with E-state index in [0.29, 0.717) is 10.6 Å². The first-order chi connectivity index (χ1) is 17.8. The highest BCUT2D eigenvalue weighted by Gasteiger charge is 2.27. The second-order valence-electron chi connectivity index (χ2n) is 9.33. The minimum absolute atomic E-state index is 0.0797. The third-order valence-corrected chi connectivity index (χ3v) is 9.29. The molecule has 0 aromatic carbocycles. The number of hydrogen-bond acceptors (Lipinski definition) is 7. The lowest BCUT2D eigenvalue weighted by Crippen LogP contribution is -2.41. The van der Waals surface area contributed by atoms with Gasteiger partial charge < -0.3 is 10.6 Å². The Kier molecular flexibility index (Phi) is 17.9. The maximum atomic E-state index is 13.3. The number of hydrogen-bond donors (Lipinski definition) is 3. The number of nitrogens with two attached hydrogens (primary N) is 1. The van der Waals surface area contributed by atoms with Crippen LogP contribution in [0.5, 0.6) is 0 Å². The smallest absolute Gasteiger partial charge is 0.270 e. The molecule has 0 saturated carbocycles. The zero-order valence-corrected chi connectivity index (χ0v) is 28.4. The van der Waals surface area contributed by atoms with E-state index in [9.17, 15) is 19.6 Å². The standard InChI is InChI=1S/C27H41I2N5O3S/c1-8-10-12-34(13-11-9-2)20(5)38-24(25(31)27(6,7)17-29)14-21(26(37)33-32-19(4)36)22(15-28)23(16-30)18(3)35/h14H,5,8-13,15,17,31H2,1-4,6-7H3,(H,32,36)(H,33,37)/b21-14-,23-22-,25-24-. The lowest BCUT2D eigenvalue weighted by Gasteiger charge is -2.29. The summed E-state index contributed by atoms with van der Waals surface area (Å²) < 4.78 is 0.933. The molecule has 2 amide bonds. The number of Topliss-reactive ketones (excluding diaryl/α,β-unsaturated/α-hetero) is 1. The van der Waals surface area contributed by atoms with Gasteiger partial charge in [0.2, 0.25) is 5.91 Å². The van der Waals surface area contributed by atoms with E-state index in [2.05, 4.69) is 58.8 Å². The first-order valence-corrected chi connectivity index (χ1v) is 16.3. The Morgan fingerprint density at radius 1 is 1.11 bits per heavy atom. The van der Waals surface area contributed by atoms with Crippen LogP contribution in [-0.2, 0) is 14.4 Å². The van der Waals surface area contributed by atoms with Crippen LogP contribution in [0.25, 0.3) is 0 Å². The van der Waals surface area contributed by atoms with Crippen molar-refractivity contribution >= 4 is 74.5 Å². The Morgan fingerprint density at radius 3 is 2.05 bits per heavy atom. The van der Waals surface area contributed by atoms with Gasteiger partial charge >= 0.3 is 0 Å². The molecule has 0 spiro atoms. The van der Waals surface area contributed by atoms with Crippen LogP contribution in [0.15, 0.2) is 45.0 Å². The Labute approximate surface area is 259 Å². The van der Waals surface area contributed by atoms with Crippen LogP contribution in [0.3, 0.4) is 0 Å². The first kappa shape index (κ1) is 36.5. The number of nitrogens with zero attached hydrogens (tertiary/aromatic N) is 2. The summed E-state index contributed by atoms with van der Waals surface area (Å²) in [5, 5.41) is 10.5. The third kappa shape index (κ3) is 12.1. The molecule has 0 atom stereocenters. The summed E-state index contributed by atoms with van der Waals surface area (Å²) >= 11 is 5.67. The molecule has 0 aliphatic carbocycles. The van der Waals surface area contributed by atoms with Gasteiger partial charge in [-0.1, -0.05) is 104 Å². The molecule has 8 nitrogen and oxygen atoms in total. The Morgan fingerprint density at radius 2 is 1.66 bits per heavy atom. The average molecular weight is 770 g/mol. The Hall–Kier alpha value is -1.53. The molecule has 0 aromatic rings. The van der Waals surface area contributed by atoms with E-state index in [4.69, 9.17) is 5.73 Å². The van der Waals surface area contributed by atoms with E-state index in [-0.39, 0.29) is 21.1 Å². The fourth-order valence-electron chi connectivity index (χ4n) is 3.08. The summed E-state index contributed by atoms with van der Waals surface area (Å²) in [6.45, 7) is 16.9. The fourth-order valence-corrected chi connectivity index (χ4v) is 5.42. The average Bonchev–Trinajstić information content (AvgIpc) is 2.87. The first-order valence-electron chi connectivity index (χ1n) is 12.5. The summed E-state index contributed by atoms with van der Waals surface area (Å²) in [7, 11) is 0. The number of thioether (sulfide) groups is 1. The molecule has 4 N–H and O–H groups in total. The van der Waals surface area contributed by atoms with Crippen LogP contribution < -0.4 is 16.6 Å². The van der Waals surface area contributed by atoms with Gasteiger partial charge in [0, 0.05) is 50.5 Å². The second-order valence-corrected chi connectivity index (χ2v) is 12.0. The van der Waals surface area contributed by atoms with Crippen molar-refractivity contribution in [1.82, 2.24) is 15.8 Å². The number of alkyl halides is 2. The largest absolute Gasteiger partial charge is 0.401 e. The molecule has 0 aromatic heterocycles. The summed E-state index contributed by atoms with van der Waals surface area (Å²) in [6.07, 6.45) is 5.74. The summed E-state index contributed by atoms with van der Waals surface area (Å²) in [4.78, 5) is 39.9. The van der Waals surface area contributed by atoms with Crippen molar-refractivity contribution < 1.29 is 14.4 Å². The molecular weight excluding hydrogens is 728 g/mol. The Balaban J connectivity index is 7.15. The molecule has 212 valence electrons. The van der Waals surface area contributed by atoms with Crippen LogP contribution in [-0.4, -0.2) is 44.4 Å². The number of unbranched alkanes of at least 4 members (excludes halogenated alkanes) is 2. The maximum absolute atomic E-state index is 13.3. The molecule has 0 heterocycles. The van der Waals surface area contributed by atoms with Crippen molar-refractivity contribution in [2.75, 3.05) is 21.9 Å². The van der Waals surface area contributed by atoms with Crippen LogP contribution in [0.1, 0.15) is 67.2 Å². The van der Waals surface area contributed by atoms with E-state index in [1.165, 1.54) is 25.6 Å². The predicted molar refractivity (Wildman–Crippen MR) is 174 cm³/mol. The number of hydrazine groups is 1. The predicted octanol–water partition coefficient (Wildman–Crippen LogP) is 5.66. The zero-order chi connectivity index (χ0) is 29.5. The number of allylic oxidation sites excluding steroid dienone is 3. The molecule has 0 bridgehead atoms. The zero-order valence-electron chi connectivity index (χ0n) is 23.3. The molecule has 0 saturated heterocycles. The van der Waals surface area contributed by atoms with Gasteiger partial charge in [0.05, 0.1) is 10.6 Å². The number of halogens is 2. The van der Waals surface area contributed by atoms with Crippen molar-refractivity contribution in [1.29, 1.82) is 5.26 Å². The number of nitriles is 1. The summed E-state index contributed by atoms with van der Waals surface area (Å²) in [5.41, 5.74) is 11.8. The van der Waals surface area contributed by atoms with Crippen LogP contribution in [0.4, 0.5) is 0 Å². The van der Waals surface area contributed by atoms with Crippen molar-refractivity contribution in [2.24, 2.45) is 11.1 Å². The highest BCUT2D eigenvalue weighted by atomic mass is 127. The van der Waals surface area contributed by atoms with Crippen molar-refractivity contribution in [3.8, 4) is 6.07 Å². The quantitative estimate of drug-likeness (QED) is 0.0462. The van der Waals surface area contributed by atoms with Crippen LogP contribution in [0, 0.1) is 16.7 Å².